The Kier molecular flexibility index (Phi) is 4.66. The van der Waals surface area contributed by atoms with E-state index >= 15 is 0 Å². The molecule has 13 heavy (non-hydrogen) atoms. The molecule has 0 aliphatic heterocycles. The Balaban J connectivity index is 2.76. The fourth-order valence-corrected chi connectivity index (χ4v) is 12.2. The van der Waals surface area contributed by atoms with Gasteiger partial charge in [0.15, 0.2) is 0 Å². The third kappa shape index (κ3) is 3.59. The Labute approximate surface area is 108 Å². The number of hydrogen-bond donors (Lipinski definition) is 0. The van der Waals surface area contributed by atoms with Gasteiger partial charge in [0.25, 0.3) is 0 Å². The van der Waals surface area contributed by atoms with Gasteiger partial charge in [-0.1, -0.05) is 6.42 Å². The molecule has 0 unspecified atom stereocenters. The molecule has 1 aliphatic rings. The number of halogens is 6. The lowest BCUT2D eigenvalue weighted by molar-refractivity contribution is 0.855. The van der Waals surface area contributed by atoms with E-state index in [9.17, 15) is 0 Å². The predicted molar refractivity (Wildman–Crippen MR) is 68.0 cm³/mol. The Bertz CT molecular complexity index is 164. The lowest BCUT2D eigenvalue weighted by atomic mass is 10.4. The Hall–Kier alpha value is 2.17. The molecule has 1 aliphatic carbocycles. The molecule has 1 rings (SSSR count). The maximum absolute atomic E-state index is 5.96. The molecule has 0 aromatic heterocycles. The molecule has 1 saturated carbocycles. The van der Waals surface area contributed by atoms with Crippen LogP contribution in [0.1, 0.15) is 19.3 Å². The standard InChI is InChI=1S/C5H8Cl6Si2/c6-12(7,8)4-2-1-3-5(4)13(9,10)11/h4-5H,1-3H2/t4-,5-/m0/s1. The second-order valence-electron chi connectivity index (χ2n) is 3.23. The topological polar surface area (TPSA) is 0 Å². The predicted octanol–water partition coefficient (Wildman–Crippen LogP) is 5.22. The van der Waals surface area contributed by atoms with Crippen LogP contribution in [0.15, 0.2) is 0 Å². The molecule has 0 saturated heterocycles. The Morgan fingerprint density at radius 1 is 0.692 bits per heavy atom. The highest BCUT2D eigenvalue weighted by atomic mass is 35.8. The summed E-state index contributed by atoms with van der Waals surface area (Å²) in [6.45, 7) is 0. The lowest BCUT2D eigenvalue weighted by Crippen LogP contribution is -2.29. The summed E-state index contributed by atoms with van der Waals surface area (Å²) >= 11 is 35.7. The van der Waals surface area contributed by atoms with Crippen molar-refractivity contribution in [2.75, 3.05) is 0 Å². The summed E-state index contributed by atoms with van der Waals surface area (Å²) in [4.78, 5) is 0. The molecule has 0 bridgehead atoms. The summed E-state index contributed by atoms with van der Waals surface area (Å²) in [6.07, 6.45) is 2.81. The van der Waals surface area contributed by atoms with Crippen molar-refractivity contribution >= 4 is 78.5 Å². The van der Waals surface area contributed by atoms with E-state index in [4.69, 9.17) is 66.5 Å². The molecule has 0 spiro atoms. The van der Waals surface area contributed by atoms with Gasteiger partial charge in [0.2, 0.25) is 0 Å². The molecule has 0 N–H and O–H groups in total. The summed E-state index contributed by atoms with van der Waals surface area (Å²) < 4.78 is 0. The van der Waals surface area contributed by atoms with E-state index in [0.29, 0.717) is 0 Å². The molecule has 0 heterocycles. The third-order valence-electron chi connectivity index (χ3n) is 2.36. The summed E-state index contributed by atoms with van der Waals surface area (Å²) in [5.41, 5.74) is 0.0772. The summed E-state index contributed by atoms with van der Waals surface area (Å²) in [5.74, 6) is 0. The quantitative estimate of drug-likeness (QED) is 0.479. The first-order valence-electron chi connectivity index (χ1n) is 3.86. The van der Waals surface area contributed by atoms with Gasteiger partial charge in [-0.2, -0.15) is 0 Å². The molecule has 0 aromatic carbocycles. The Morgan fingerprint density at radius 2 is 1.00 bits per heavy atom. The van der Waals surface area contributed by atoms with E-state index in [1.165, 1.54) is 0 Å². The van der Waals surface area contributed by atoms with Crippen LogP contribution in [0.3, 0.4) is 0 Å². The zero-order valence-electron chi connectivity index (χ0n) is 6.54. The molecule has 8 heteroatoms. The van der Waals surface area contributed by atoms with Crippen LogP contribution in [0.2, 0.25) is 11.1 Å². The molecule has 1 fully saturated rings. The highest BCUT2D eigenvalue weighted by molar-refractivity contribution is 7.68. The molecule has 0 amide bonds. The number of rotatable bonds is 2. The molecule has 2 atom stereocenters. The van der Waals surface area contributed by atoms with Crippen LogP contribution in [0.25, 0.3) is 0 Å². The molecule has 0 nitrogen and oxygen atoms in total. The monoisotopic (exact) mass is 334 g/mol. The summed E-state index contributed by atoms with van der Waals surface area (Å²) in [6, 6.07) is -5.40. The van der Waals surface area contributed by atoms with Gasteiger partial charge in [-0.15, -0.1) is 66.5 Å². The molecule has 0 aromatic rings. The number of hydrogen-bond acceptors (Lipinski definition) is 0. The molecule has 78 valence electrons. The average Bonchev–Trinajstić information content (AvgIpc) is 2.27. The SMILES string of the molecule is Cl[Si](Cl)(Cl)[C@H]1CCC[C@@H]1[Si](Cl)(Cl)Cl. The van der Waals surface area contributed by atoms with Crippen LogP contribution in [0, 0.1) is 0 Å². The van der Waals surface area contributed by atoms with Crippen molar-refractivity contribution in [1.29, 1.82) is 0 Å². The van der Waals surface area contributed by atoms with E-state index in [1.54, 1.807) is 0 Å². The van der Waals surface area contributed by atoms with E-state index in [1.807, 2.05) is 0 Å². The van der Waals surface area contributed by atoms with Gasteiger partial charge in [0.05, 0.1) is 0 Å². The van der Waals surface area contributed by atoms with Gasteiger partial charge in [-0.3, -0.25) is 0 Å². The maximum Gasteiger partial charge on any atom is 0.344 e. The second kappa shape index (κ2) is 4.58. The minimum Gasteiger partial charge on any atom is -0.126 e. The van der Waals surface area contributed by atoms with E-state index in [2.05, 4.69) is 0 Å². The lowest BCUT2D eigenvalue weighted by Gasteiger charge is -2.27. The largest absolute Gasteiger partial charge is 0.344 e. The fourth-order valence-electron chi connectivity index (χ4n) is 1.74. The zero-order chi connectivity index (χ0) is 10.3. The van der Waals surface area contributed by atoms with E-state index < -0.39 is 12.0 Å². The third-order valence-corrected chi connectivity index (χ3v) is 10.8. The van der Waals surface area contributed by atoms with Gasteiger partial charge >= 0.3 is 12.0 Å². The highest BCUT2D eigenvalue weighted by Crippen LogP contribution is 2.58. The van der Waals surface area contributed by atoms with Crippen molar-refractivity contribution in [2.24, 2.45) is 0 Å². The minimum absolute atomic E-state index is 0.0386. The highest BCUT2D eigenvalue weighted by Gasteiger charge is 2.53. The Morgan fingerprint density at radius 3 is 1.23 bits per heavy atom. The zero-order valence-corrected chi connectivity index (χ0v) is 13.1. The van der Waals surface area contributed by atoms with Crippen LogP contribution in [-0.2, 0) is 0 Å². The first-order valence-corrected chi connectivity index (χ1v) is 14.1. The first-order chi connectivity index (χ1) is 5.73. The van der Waals surface area contributed by atoms with E-state index in [-0.39, 0.29) is 11.1 Å². The fraction of sp³-hybridized carbons (Fsp3) is 1.00. The summed E-state index contributed by atoms with van der Waals surface area (Å²) in [7, 11) is 0. The van der Waals surface area contributed by atoms with Crippen LogP contribution >= 0.6 is 66.5 Å². The van der Waals surface area contributed by atoms with Crippen molar-refractivity contribution in [1.82, 2.24) is 0 Å². The second-order valence-corrected chi connectivity index (χ2v) is 21.1. The average molecular weight is 337 g/mol. The van der Waals surface area contributed by atoms with E-state index in [0.717, 1.165) is 19.3 Å². The van der Waals surface area contributed by atoms with Crippen molar-refractivity contribution in [3.63, 3.8) is 0 Å². The van der Waals surface area contributed by atoms with Crippen LogP contribution < -0.4 is 0 Å². The molecule has 0 radical (unpaired) electrons. The van der Waals surface area contributed by atoms with Gasteiger partial charge < -0.3 is 0 Å². The molecular formula is C5H8Cl6Si2. The maximum atomic E-state index is 5.96. The van der Waals surface area contributed by atoms with Crippen molar-refractivity contribution in [3.8, 4) is 0 Å². The smallest absolute Gasteiger partial charge is 0.126 e. The van der Waals surface area contributed by atoms with Crippen molar-refractivity contribution < 1.29 is 0 Å². The minimum atomic E-state index is -2.70. The van der Waals surface area contributed by atoms with Crippen LogP contribution in [-0.4, -0.2) is 12.0 Å². The van der Waals surface area contributed by atoms with Gasteiger partial charge in [0, 0.05) is 0 Å². The first kappa shape index (κ1) is 13.2. The van der Waals surface area contributed by atoms with Gasteiger partial charge in [-0.25, -0.2) is 0 Å². The molecular weight excluding hydrogens is 329 g/mol. The normalized spacial score (nSPS) is 30.9. The van der Waals surface area contributed by atoms with Crippen molar-refractivity contribution in [2.45, 2.75) is 30.3 Å². The van der Waals surface area contributed by atoms with Gasteiger partial charge in [-0.05, 0) is 23.9 Å². The van der Waals surface area contributed by atoms with Crippen LogP contribution in [0.5, 0.6) is 0 Å². The van der Waals surface area contributed by atoms with Crippen molar-refractivity contribution in [3.05, 3.63) is 0 Å². The van der Waals surface area contributed by atoms with Crippen LogP contribution in [0.4, 0.5) is 0 Å². The summed E-state index contributed by atoms with van der Waals surface area (Å²) in [5, 5.41) is 0. The van der Waals surface area contributed by atoms with Gasteiger partial charge in [0.1, 0.15) is 0 Å².